The van der Waals surface area contributed by atoms with E-state index in [1.807, 2.05) is 0 Å². The van der Waals surface area contributed by atoms with Gasteiger partial charge in [0.1, 0.15) is 0 Å². The Labute approximate surface area is 169 Å². The monoisotopic (exact) mass is 418 g/mol. The lowest BCUT2D eigenvalue weighted by Crippen LogP contribution is -2.32. The first-order valence-electron chi connectivity index (χ1n) is 8.90. The molecule has 0 radical (unpaired) electrons. The van der Waals surface area contributed by atoms with Crippen molar-refractivity contribution in [3.8, 4) is 0 Å². The van der Waals surface area contributed by atoms with Crippen LogP contribution in [0.1, 0.15) is 42.2 Å². The van der Waals surface area contributed by atoms with Gasteiger partial charge in [0.2, 0.25) is 0 Å². The minimum absolute atomic E-state index is 0.116. The zero-order chi connectivity index (χ0) is 22.1. The number of aryl methyl sites for hydroxylation is 1. The van der Waals surface area contributed by atoms with Gasteiger partial charge in [0, 0.05) is 17.3 Å². The largest absolute Gasteiger partial charge is 0.409 e. The summed E-state index contributed by atoms with van der Waals surface area (Å²) in [7, 11) is 0. The smallest absolute Gasteiger partial charge is 0.395 e. The van der Waals surface area contributed by atoms with Crippen molar-refractivity contribution >= 4 is 29.5 Å². The number of carbonyl (C=O) groups excluding carboxylic acids is 3. The lowest BCUT2D eigenvalue weighted by Gasteiger charge is -2.10. The molecule has 9 heteroatoms. The van der Waals surface area contributed by atoms with E-state index in [-0.39, 0.29) is 41.6 Å². The van der Waals surface area contributed by atoms with E-state index < -0.39 is 23.9 Å². The van der Waals surface area contributed by atoms with Crippen LogP contribution in [0.3, 0.4) is 0 Å². The molecule has 3 amide bonds. The molecule has 0 atom stereocenters. The van der Waals surface area contributed by atoms with Gasteiger partial charge < -0.3 is 10.4 Å². The summed E-state index contributed by atoms with van der Waals surface area (Å²) in [6.07, 6.45) is -3.40. The van der Waals surface area contributed by atoms with Gasteiger partial charge in [0.25, 0.3) is 17.7 Å². The average Bonchev–Trinajstić information content (AvgIpc) is 2.90. The van der Waals surface area contributed by atoms with Crippen LogP contribution in [0.4, 0.5) is 18.9 Å². The Morgan fingerprint density at radius 3 is 2.43 bits per heavy atom. The van der Waals surface area contributed by atoms with Crippen LogP contribution in [0.2, 0.25) is 0 Å². The maximum atomic E-state index is 12.6. The maximum Gasteiger partial charge on any atom is 0.409 e. The highest BCUT2D eigenvalue weighted by Crippen LogP contribution is 2.26. The Balaban J connectivity index is 1.79. The summed E-state index contributed by atoms with van der Waals surface area (Å²) in [5.74, 6) is -1.58. The summed E-state index contributed by atoms with van der Waals surface area (Å²) in [5.41, 5.74) is 1.61. The molecule has 1 aliphatic rings. The molecule has 0 bridgehead atoms. The van der Waals surface area contributed by atoms with Crippen molar-refractivity contribution in [2.75, 3.05) is 18.5 Å². The van der Waals surface area contributed by atoms with Gasteiger partial charge in [-0.3, -0.25) is 19.3 Å². The third-order valence-corrected chi connectivity index (χ3v) is 4.51. The van der Waals surface area contributed by atoms with Crippen LogP contribution in [-0.2, 0) is 0 Å². The molecule has 0 aliphatic carbocycles. The first-order valence-corrected chi connectivity index (χ1v) is 8.90. The van der Waals surface area contributed by atoms with Crippen molar-refractivity contribution < 1.29 is 32.7 Å². The number of amides is 3. The molecule has 0 saturated carbocycles. The van der Waals surface area contributed by atoms with E-state index in [2.05, 4.69) is 5.32 Å². The summed E-state index contributed by atoms with van der Waals surface area (Å²) in [5, 5.41) is 11.6. The standard InChI is InChI=1S/C21H17F3N2O4/c1-12-10-13(6-7-21(22,23)24)2-4-15(12)18(28)25-14-3-5-16-17(11-14)20(30)26(8-9-27)19(16)29/h2-7,10-11,27H,8-9H2,1H3,(H,25,28). The van der Waals surface area contributed by atoms with Gasteiger partial charge in [-0.05, 0) is 42.3 Å². The summed E-state index contributed by atoms with van der Waals surface area (Å²) >= 11 is 0. The number of aliphatic hydroxyl groups is 1. The van der Waals surface area contributed by atoms with Crippen LogP contribution >= 0.6 is 0 Å². The number of anilines is 1. The van der Waals surface area contributed by atoms with Crippen LogP contribution < -0.4 is 5.32 Å². The molecule has 0 fully saturated rings. The summed E-state index contributed by atoms with van der Waals surface area (Å²) in [6, 6.07) is 8.52. The minimum Gasteiger partial charge on any atom is -0.395 e. The van der Waals surface area contributed by atoms with E-state index in [1.165, 1.54) is 36.4 Å². The Bertz CT molecular complexity index is 1060. The number of alkyl halides is 3. The first kappa shape index (κ1) is 21.3. The lowest BCUT2D eigenvalue weighted by molar-refractivity contribution is -0.0790. The van der Waals surface area contributed by atoms with E-state index >= 15 is 0 Å². The van der Waals surface area contributed by atoms with Gasteiger partial charge in [-0.15, -0.1) is 0 Å². The van der Waals surface area contributed by atoms with Crippen molar-refractivity contribution in [1.82, 2.24) is 4.90 Å². The van der Waals surface area contributed by atoms with Crippen molar-refractivity contribution in [3.63, 3.8) is 0 Å². The normalized spacial score (nSPS) is 13.8. The Hall–Kier alpha value is -3.46. The fraction of sp³-hybridized carbons (Fsp3) is 0.190. The van der Waals surface area contributed by atoms with E-state index in [4.69, 9.17) is 5.11 Å². The van der Waals surface area contributed by atoms with Gasteiger partial charge in [0.15, 0.2) is 0 Å². The number of β-amino-alcohol motifs (C(OH)–C–C–N with tert-alkyl or cyclic N) is 1. The highest BCUT2D eigenvalue weighted by atomic mass is 19.4. The topological polar surface area (TPSA) is 86.7 Å². The molecule has 2 aromatic rings. The Kier molecular flexibility index (Phi) is 5.75. The second-order valence-corrected chi connectivity index (χ2v) is 6.65. The van der Waals surface area contributed by atoms with E-state index in [9.17, 15) is 27.6 Å². The van der Waals surface area contributed by atoms with Gasteiger partial charge in [0.05, 0.1) is 24.3 Å². The highest BCUT2D eigenvalue weighted by molar-refractivity contribution is 6.22. The average molecular weight is 418 g/mol. The SMILES string of the molecule is Cc1cc(C=CC(F)(F)F)ccc1C(=O)Nc1ccc2c(c1)C(=O)N(CCO)C2=O. The molecule has 2 aromatic carbocycles. The molecule has 1 heterocycles. The predicted octanol–water partition coefficient (Wildman–Crippen LogP) is 3.41. The molecule has 0 aromatic heterocycles. The third-order valence-electron chi connectivity index (χ3n) is 4.51. The molecule has 0 unspecified atom stereocenters. The molecule has 2 N–H and O–H groups in total. The predicted molar refractivity (Wildman–Crippen MR) is 103 cm³/mol. The quantitative estimate of drug-likeness (QED) is 0.729. The molecule has 0 spiro atoms. The van der Waals surface area contributed by atoms with Crippen molar-refractivity contribution in [3.05, 3.63) is 70.3 Å². The van der Waals surface area contributed by atoms with Crippen LogP contribution in [0.15, 0.2) is 42.5 Å². The Morgan fingerprint density at radius 1 is 1.10 bits per heavy atom. The second kappa shape index (κ2) is 8.11. The number of fused-ring (bicyclic) bond motifs is 1. The van der Waals surface area contributed by atoms with Crippen LogP contribution in [0.25, 0.3) is 6.08 Å². The van der Waals surface area contributed by atoms with Gasteiger partial charge in [-0.2, -0.15) is 13.2 Å². The third kappa shape index (κ3) is 4.41. The van der Waals surface area contributed by atoms with Crippen LogP contribution in [0, 0.1) is 6.92 Å². The zero-order valence-corrected chi connectivity index (χ0v) is 15.8. The molecular formula is C21H17F3N2O4. The number of carbonyl (C=O) groups is 3. The molecule has 3 rings (SSSR count). The number of hydrogen-bond donors (Lipinski definition) is 2. The number of benzene rings is 2. The molecule has 156 valence electrons. The second-order valence-electron chi connectivity index (χ2n) is 6.65. The summed E-state index contributed by atoms with van der Waals surface area (Å²) < 4.78 is 36.9. The first-order chi connectivity index (χ1) is 14.1. The minimum atomic E-state index is -4.43. The molecule has 30 heavy (non-hydrogen) atoms. The molecule has 0 saturated heterocycles. The number of allylic oxidation sites excluding steroid dienone is 1. The van der Waals surface area contributed by atoms with Crippen molar-refractivity contribution in [1.29, 1.82) is 0 Å². The van der Waals surface area contributed by atoms with Gasteiger partial charge >= 0.3 is 6.18 Å². The molecule has 1 aliphatic heterocycles. The van der Waals surface area contributed by atoms with Gasteiger partial charge in [-0.25, -0.2) is 0 Å². The number of hydrogen-bond acceptors (Lipinski definition) is 4. The number of imide groups is 1. The summed E-state index contributed by atoms with van der Waals surface area (Å²) in [4.78, 5) is 38.0. The fourth-order valence-corrected chi connectivity index (χ4v) is 3.11. The van der Waals surface area contributed by atoms with Crippen molar-refractivity contribution in [2.24, 2.45) is 0 Å². The zero-order valence-electron chi connectivity index (χ0n) is 15.8. The number of rotatable bonds is 5. The maximum absolute atomic E-state index is 12.6. The summed E-state index contributed by atoms with van der Waals surface area (Å²) in [6.45, 7) is 1.11. The van der Waals surface area contributed by atoms with E-state index in [1.54, 1.807) is 6.92 Å². The van der Waals surface area contributed by atoms with E-state index in [0.29, 0.717) is 11.1 Å². The van der Waals surface area contributed by atoms with Crippen molar-refractivity contribution in [2.45, 2.75) is 13.1 Å². The number of nitrogens with one attached hydrogen (secondary N) is 1. The van der Waals surface area contributed by atoms with Crippen LogP contribution in [-0.4, -0.2) is 47.1 Å². The number of aliphatic hydroxyl groups excluding tert-OH is 1. The van der Waals surface area contributed by atoms with Crippen LogP contribution in [0.5, 0.6) is 0 Å². The van der Waals surface area contributed by atoms with Gasteiger partial charge in [-0.1, -0.05) is 18.2 Å². The Morgan fingerprint density at radius 2 is 1.80 bits per heavy atom. The molecule has 6 nitrogen and oxygen atoms in total. The number of halogens is 3. The fourth-order valence-electron chi connectivity index (χ4n) is 3.11. The molecular weight excluding hydrogens is 401 g/mol. The highest BCUT2D eigenvalue weighted by Gasteiger charge is 2.35. The lowest BCUT2D eigenvalue weighted by atomic mass is 10.0. The number of nitrogens with zero attached hydrogens (tertiary/aromatic N) is 1. The van der Waals surface area contributed by atoms with E-state index in [0.717, 1.165) is 11.0 Å².